The summed E-state index contributed by atoms with van der Waals surface area (Å²) in [6.07, 6.45) is 6.08. The summed E-state index contributed by atoms with van der Waals surface area (Å²) in [6, 6.07) is 8.47. The fourth-order valence-electron chi connectivity index (χ4n) is 2.39. The summed E-state index contributed by atoms with van der Waals surface area (Å²) in [5, 5.41) is 8.99. The first-order valence-corrected chi connectivity index (χ1v) is 6.57. The Labute approximate surface area is 112 Å². The molecule has 0 saturated heterocycles. The molecule has 1 aromatic carbocycles. The van der Waals surface area contributed by atoms with Crippen molar-refractivity contribution in [3.8, 4) is 0 Å². The molecule has 4 heteroatoms. The summed E-state index contributed by atoms with van der Waals surface area (Å²) in [6.45, 7) is 3.80. The molecule has 0 aliphatic heterocycles. The van der Waals surface area contributed by atoms with Crippen LogP contribution in [0.3, 0.4) is 0 Å². The van der Waals surface area contributed by atoms with Gasteiger partial charge >= 0.3 is 0 Å². The smallest absolute Gasteiger partial charge is 0.0729 e. The molecule has 3 aromatic rings. The van der Waals surface area contributed by atoms with Gasteiger partial charge in [0, 0.05) is 43.4 Å². The van der Waals surface area contributed by atoms with Gasteiger partial charge in [0.2, 0.25) is 0 Å². The predicted molar refractivity (Wildman–Crippen MR) is 78.1 cm³/mol. The van der Waals surface area contributed by atoms with Gasteiger partial charge in [-0.3, -0.25) is 4.68 Å². The average Bonchev–Trinajstić information content (AvgIpc) is 3.02. The van der Waals surface area contributed by atoms with Crippen molar-refractivity contribution in [2.45, 2.75) is 20.0 Å². The fourth-order valence-corrected chi connectivity index (χ4v) is 2.39. The minimum atomic E-state index is 0.816. The maximum Gasteiger partial charge on any atom is 0.0729 e. The number of nitrogens with zero attached hydrogens (tertiary/aromatic N) is 3. The second kappa shape index (κ2) is 4.80. The van der Waals surface area contributed by atoms with E-state index in [1.54, 1.807) is 0 Å². The SMILES string of the molecule is CCn1cc(NCc2cn(C)c3ccccc23)cn1. The van der Waals surface area contributed by atoms with Crippen LogP contribution in [0, 0.1) is 0 Å². The Balaban J connectivity index is 1.82. The highest BCUT2D eigenvalue weighted by Gasteiger charge is 2.05. The highest BCUT2D eigenvalue weighted by atomic mass is 15.3. The molecule has 0 bridgehead atoms. The van der Waals surface area contributed by atoms with Crippen LogP contribution in [0.25, 0.3) is 10.9 Å². The topological polar surface area (TPSA) is 34.8 Å². The molecule has 0 fully saturated rings. The first-order chi connectivity index (χ1) is 9.28. The number of nitrogens with one attached hydrogen (secondary N) is 1. The summed E-state index contributed by atoms with van der Waals surface area (Å²) in [4.78, 5) is 0. The van der Waals surface area contributed by atoms with Crippen LogP contribution in [-0.4, -0.2) is 14.3 Å². The van der Waals surface area contributed by atoms with E-state index in [1.165, 1.54) is 16.5 Å². The molecule has 1 N–H and O–H groups in total. The minimum absolute atomic E-state index is 0.816. The Bertz CT molecular complexity index is 693. The first-order valence-electron chi connectivity index (χ1n) is 6.57. The maximum atomic E-state index is 4.26. The zero-order valence-electron chi connectivity index (χ0n) is 11.3. The lowest BCUT2D eigenvalue weighted by atomic mass is 10.2. The van der Waals surface area contributed by atoms with Crippen LogP contribution in [-0.2, 0) is 20.1 Å². The highest BCUT2D eigenvalue weighted by molar-refractivity contribution is 5.84. The van der Waals surface area contributed by atoms with Crippen molar-refractivity contribution in [1.82, 2.24) is 14.3 Å². The molecule has 2 heterocycles. The summed E-state index contributed by atoms with van der Waals surface area (Å²) in [5.74, 6) is 0. The van der Waals surface area contributed by atoms with Crippen molar-refractivity contribution < 1.29 is 0 Å². The summed E-state index contributed by atoms with van der Waals surface area (Å²) in [5.41, 5.74) is 3.64. The van der Waals surface area contributed by atoms with Gasteiger partial charge in [-0.15, -0.1) is 0 Å². The molecular formula is C15H18N4. The largest absolute Gasteiger partial charge is 0.378 e. The lowest BCUT2D eigenvalue weighted by Crippen LogP contribution is -1.98. The standard InChI is InChI=1S/C15H18N4/c1-3-19-11-13(9-17-19)16-8-12-10-18(2)15-7-5-4-6-14(12)15/h4-7,9-11,16H,3,8H2,1-2H3. The van der Waals surface area contributed by atoms with Crippen molar-refractivity contribution in [2.24, 2.45) is 7.05 Å². The molecule has 3 rings (SSSR count). The zero-order valence-corrected chi connectivity index (χ0v) is 11.3. The molecule has 0 aliphatic carbocycles. The van der Waals surface area contributed by atoms with Gasteiger partial charge < -0.3 is 9.88 Å². The van der Waals surface area contributed by atoms with Gasteiger partial charge in [0.25, 0.3) is 0 Å². The van der Waals surface area contributed by atoms with Crippen molar-refractivity contribution in [3.63, 3.8) is 0 Å². The van der Waals surface area contributed by atoms with Gasteiger partial charge in [0.1, 0.15) is 0 Å². The normalized spacial score (nSPS) is 11.1. The highest BCUT2D eigenvalue weighted by Crippen LogP contribution is 2.21. The fraction of sp³-hybridized carbons (Fsp3) is 0.267. The monoisotopic (exact) mass is 254 g/mol. The van der Waals surface area contributed by atoms with E-state index in [0.717, 1.165) is 18.8 Å². The van der Waals surface area contributed by atoms with E-state index >= 15 is 0 Å². The van der Waals surface area contributed by atoms with Crippen LogP contribution in [0.5, 0.6) is 0 Å². The molecule has 0 radical (unpaired) electrons. The lowest BCUT2D eigenvalue weighted by molar-refractivity contribution is 0.660. The number of aryl methyl sites for hydroxylation is 2. The molecule has 98 valence electrons. The molecule has 0 aliphatic rings. The maximum absolute atomic E-state index is 4.26. The number of benzene rings is 1. The molecular weight excluding hydrogens is 236 g/mol. The quantitative estimate of drug-likeness (QED) is 0.776. The molecule has 19 heavy (non-hydrogen) atoms. The lowest BCUT2D eigenvalue weighted by Gasteiger charge is -2.02. The minimum Gasteiger partial charge on any atom is -0.378 e. The Hall–Kier alpha value is -2.23. The van der Waals surface area contributed by atoms with E-state index < -0.39 is 0 Å². The second-order valence-electron chi connectivity index (χ2n) is 4.72. The van der Waals surface area contributed by atoms with Gasteiger partial charge in [-0.05, 0) is 18.6 Å². The van der Waals surface area contributed by atoms with Gasteiger partial charge in [-0.25, -0.2) is 0 Å². The Morgan fingerprint density at radius 1 is 1.21 bits per heavy atom. The Kier molecular flexibility index (Phi) is 2.99. The van der Waals surface area contributed by atoms with Gasteiger partial charge in [0.15, 0.2) is 0 Å². The molecule has 0 amide bonds. The number of hydrogen-bond acceptors (Lipinski definition) is 2. The number of para-hydroxylation sites is 1. The summed E-state index contributed by atoms with van der Waals surface area (Å²) >= 11 is 0. The van der Waals surface area contributed by atoms with Crippen molar-refractivity contribution in [3.05, 3.63) is 48.4 Å². The van der Waals surface area contributed by atoms with Crippen molar-refractivity contribution >= 4 is 16.6 Å². The predicted octanol–water partition coefficient (Wildman–Crippen LogP) is 3.01. The van der Waals surface area contributed by atoms with Crippen LogP contribution in [0.2, 0.25) is 0 Å². The van der Waals surface area contributed by atoms with Crippen molar-refractivity contribution in [2.75, 3.05) is 5.32 Å². The van der Waals surface area contributed by atoms with E-state index in [0.29, 0.717) is 0 Å². The molecule has 0 unspecified atom stereocenters. The van der Waals surface area contributed by atoms with Crippen LogP contribution in [0.1, 0.15) is 12.5 Å². The number of fused-ring (bicyclic) bond motifs is 1. The average molecular weight is 254 g/mol. The molecule has 0 saturated carbocycles. The van der Waals surface area contributed by atoms with E-state index in [4.69, 9.17) is 0 Å². The number of rotatable bonds is 4. The summed E-state index contributed by atoms with van der Waals surface area (Å²) in [7, 11) is 2.08. The molecule has 4 nitrogen and oxygen atoms in total. The van der Waals surface area contributed by atoms with Crippen LogP contribution < -0.4 is 5.32 Å². The Morgan fingerprint density at radius 2 is 2.05 bits per heavy atom. The second-order valence-corrected chi connectivity index (χ2v) is 4.72. The summed E-state index contributed by atoms with van der Waals surface area (Å²) < 4.78 is 4.09. The third-order valence-electron chi connectivity index (χ3n) is 3.42. The van der Waals surface area contributed by atoms with Gasteiger partial charge in [-0.1, -0.05) is 18.2 Å². The van der Waals surface area contributed by atoms with Gasteiger partial charge in [-0.2, -0.15) is 5.10 Å². The van der Waals surface area contributed by atoms with Crippen molar-refractivity contribution in [1.29, 1.82) is 0 Å². The third kappa shape index (κ3) is 2.21. The number of aromatic nitrogens is 3. The van der Waals surface area contributed by atoms with E-state index in [1.807, 2.05) is 17.1 Å². The first kappa shape index (κ1) is 11.8. The zero-order chi connectivity index (χ0) is 13.2. The number of hydrogen-bond donors (Lipinski definition) is 1. The molecule has 0 atom stereocenters. The number of anilines is 1. The third-order valence-corrected chi connectivity index (χ3v) is 3.42. The van der Waals surface area contributed by atoms with Crippen LogP contribution >= 0.6 is 0 Å². The van der Waals surface area contributed by atoms with Crippen LogP contribution in [0.15, 0.2) is 42.9 Å². The van der Waals surface area contributed by atoms with E-state index in [2.05, 4.69) is 59.4 Å². The van der Waals surface area contributed by atoms with E-state index in [-0.39, 0.29) is 0 Å². The molecule has 2 aromatic heterocycles. The Morgan fingerprint density at radius 3 is 2.84 bits per heavy atom. The van der Waals surface area contributed by atoms with E-state index in [9.17, 15) is 0 Å². The molecule has 0 spiro atoms. The van der Waals surface area contributed by atoms with Gasteiger partial charge in [0.05, 0.1) is 11.9 Å². The van der Waals surface area contributed by atoms with Crippen LogP contribution in [0.4, 0.5) is 5.69 Å².